The first-order valence-electron chi connectivity index (χ1n) is 6.83. The molecular weight excluding hydrogens is 268 g/mol. The predicted octanol–water partition coefficient (Wildman–Crippen LogP) is 2.13. The minimum atomic E-state index is 0.242. The summed E-state index contributed by atoms with van der Waals surface area (Å²) in [5.74, 6) is 2.01. The van der Waals surface area contributed by atoms with Crippen LogP contribution in [0.1, 0.15) is 48.3 Å². The number of nitrogens with zero attached hydrogens (tertiary/aromatic N) is 5. The molecule has 0 aliphatic heterocycles. The quantitative estimate of drug-likeness (QED) is 0.898. The van der Waals surface area contributed by atoms with Crippen molar-refractivity contribution in [1.82, 2.24) is 20.3 Å². The number of aryl methyl sites for hydroxylation is 1. The number of hydrogen-bond donors (Lipinski definition) is 1. The molecule has 0 fully saturated rings. The largest absolute Gasteiger partial charge is 0.367 e. The van der Waals surface area contributed by atoms with Gasteiger partial charge in [0.05, 0.1) is 5.69 Å². The Morgan fingerprint density at radius 3 is 2.67 bits per heavy atom. The van der Waals surface area contributed by atoms with Gasteiger partial charge in [-0.1, -0.05) is 19.0 Å². The first kappa shape index (κ1) is 14.9. The van der Waals surface area contributed by atoms with Gasteiger partial charge in [0, 0.05) is 18.9 Å². The van der Waals surface area contributed by atoms with Crippen molar-refractivity contribution >= 4 is 5.82 Å². The molecule has 1 N–H and O–H groups in total. The molecule has 0 amide bonds. The summed E-state index contributed by atoms with van der Waals surface area (Å²) < 4.78 is 5.16. The highest BCUT2D eigenvalue weighted by Crippen LogP contribution is 2.17. The van der Waals surface area contributed by atoms with Crippen molar-refractivity contribution in [1.29, 1.82) is 5.26 Å². The zero-order chi connectivity index (χ0) is 15.4. The number of hydrogen-bond acceptors (Lipinski definition) is 7. The molecule has 0 aliphatic rings. The van der Waals surface area contributed by atoms with E-state index in [9.17, 15) is 5.26 Å². The van der Waals surface area contributed by atoms with Crippen LogP contribution in [0.15, 0.2) is 4.52 Å². The highest BCUT2D eigenvalue weighted by atomic mass is 16.5. The fourth-order valence-corrected chi connectivity index (χ4v) is 1.76. The molecule has 7 nitrogen and oxygen atoms in total. The lowest BCUT2D eigenvalue weighted by Gasteiger charge is -2.08. The van der Waals surface area contributed by atoms with Crippen molar-refractivity contribution in [3.05, 3.63) is 28.5 Å². The molecule has 0 aliphatic carbocycles. The van der Waals surface area contributed by atoms with Crippen molar-refractivity contribution in [3.63, 3.8) is 0 Å². The van der Waals surface area contributed by atoms with Gasteiger partial charge >= 0.3 is 0 Å². The Labute approximate surface area is 123 Å². The Morgan fingerprint density at radius 1 is 1.29 bits per heavy atom. The van der Waals surface area contributed by atoms with Gasteiger partial charge in [0.1, 0.15) is 11.6 Å². The molecule has 0 spiro atoms. The zero-order valence-corrected chi connectivity index (χ0v) is 12.6. The van der Waals surface area contributed by atoms with Crippen LogP contribution in [0.25, 0.3) is 0 Å². The summed E-state index contributed by atoms with van der Waals surface area (Å²) in [6, 6.07) is 2.16. The van der Waals surface area contributed by atoms with E-state index in [0.717, 1.165) is 11.3 Å². The summed E-state index contributed by atoms with van der Waals surface area (Å²) in [4.78, 5) is 4.30. The molecule has 0 unspecified atom stereocenters. The molecule has 0 radical (unpaired) electrons. The molecule has 0 aromatic carbocycles. The predicted molar refractivity (Wildman–Crippen MR) is 76.8 cm³/mol. The molecule has 110 valence electrons. The maximum atomic E-state index is 9.21. The lowest BCUT2D eigenvalue weighted by atomic mass is 10.1. The van der Waals surface area contributed by atoms with Crippen LogP contribution >= 0.6 is 0 Å². The fraction of sp³-hybridized carbons (Fsp3) is 0.500. The van der Waals surface area contributed by atoms with E-state index in [0.29, 0.717) is 36.1 Å². The van der Waals surface area contributed by atoms with Crippen LogP contribution in [0, 0.1) is 25.2 Å². The summed E-state index contributed by atoms with van der Waals surface area (Å²) in [6.07, 6.45) is 0.569. The average Bonchev–Trinajstić information content (AvgIpc) is 2.92. The van der Waals surface area contributed by atoms with E-state index in [1.54, 1.807) is 0 Å². The molecule has 2 aromatic heterocycles. The Balaban J connectivity index is 2.00. The summed E-state index contributed by atoms with van der Waals surface area (Å²) >= 11 is 0. The van der Waals surface area contributed by atoms with Crippen LogP contribution in [0.5, 0.6) is 0 Å². The van der Waals surface area contributed by atoms with Crippen LogP contribution in [-0.2, 0) is 6.42 Å². The summed E-state index contributed by atoms with van der Waals surface area (Å²) in [6.45, 7) is 8.26. The molecule has 2 rings (SSSR count). The van der Waals surface area contributed by atoms with Gasteiger partial charge in [0.25, 0.3) is 0 Å². The molecule has 0 atom stereocenters. The highest BCUT2D eigenvalue weighted by molar-refractivity contribution is 5.55. The minimum Gasteiger partial charge on any atom is -0.367 e. The third kappa shape index (κ3) is 3.34. The van der Waals surface area contributed by atoms with Gasteiger partial charge in [0.15, 0.2) is 11.6 Å². The van der Waals surface area contributed by atoms with Crippen LogP contribution < -0.4 is 5.32 Å². The van der Waals surface area contributed by atoms with Gasteiger partial charge in [-0.2, -0.15) is 15.3 Å². The number of nitrogens with one attached hydrogen (secondary N) is 1. The van der Waals surface area contributed by atoms with Gasteiger partial charge in [-0.15, -0.1) is 5.10 Å². The molecule has 0 bridgehead atoms. The second-order valence-electron chi connectivity index (χ2n) is 5.12. The SMILES string of the molecule is Cc1nnc(NCCc2nc(C(C)C)no2)c(C#N)c1C. The first-order valence-corrected chi connectivity index (χ1v) is 6.83. The molecule has 0 saturated heterocycles. The van der Waals surface area contributed by atoms with Crippen LogP contribution in [-0.4, -0.2) is 26.9 Å². The molecule has 0 saturated carbocycles. The Kier molecular flexibility index (Phi) is 4.48. The fourth-order valence-electron chi connectivity index (χ4n) is 1.76. The van der Waals surface area contributed by atoms with Gasteiger partial charge in [-0.25, -0.2) is 0 Å². The maximum Gasteiger partial charge on any atom is 0.228 e. The van der Waals surface area contributed by atoms with Crippen LogP contribution in [0.2, 0.25) is 0 Å². The molecule has 2 aromatic rings. The lowest BCUT2D eigenvalue weighted by Crippen LogP contribution is -2.10. The summed E-state index contributed by atoms with van der Waals surface area (Å²) in [7, 11) is 0. The maximum absolute atomic E-state index is 9.21. The van der Waals surface area contributed by atoms with Gasteiger partial charge in [0.2, 0.25) is 5.89 Å². The minimum absolute atomic E-state index is 0.242. The zero-order valence-electron chi connectivity index (χ0n) is 12.6. The summed E-state index contributed by atoms with van der Waals surface area (Å²) in [5, 5.41) is 24.3. The van der Waals surface area contributed by atoms with Crippen molar-refractivity contribution in [2.24, 2.45) is 0 Å². The van der Waals surface area contributed by atoms with Crippen molar-refractivity contribution in [3.8, 4) is 6.07 Å². The van der Waals surface area contributed by atoms with E-state index in [1.807, 2.05) is 27.7 Å². The number of rotatable bonds is 5. The summed E-state index contributed by atoms with van der Waals surface area (Å²) in [5.41, 5.74) is 2.13. The lowest BCUT2D eigenvalue weighted by molar-refractivity contribution is 0.373. The molecule has 7 heteroatoms. The van der Waals surface area contributed by atoms with Gasteiger partial charge < -0.3 is 9.84 Å². The Hall–Kier alpha value is -2.49. The third-order valence-electron chi connectivity index (χ3n) is 3.20. The van der Waals surface area contributed by atoms with Crippen LogP contribution in [0.3, 0.4) is 0 Å². The first-order chi connectivity index (χ1) is 10.0. The normalized spacial score (nSPS) is 10.7. The van der Waals surface area contributed by atoms with Gasteiger partial charge in [-0.05, 0) is 19.4 Å². The Morgan fingerprint density at radius 2 is 2.05 bits per heavy atom. The second-order valence-corrected chi connectivity index (χ2v) is 5.12. The molecular formula is C14H18N6O. The Bertz CT molecular complexity index is 671. The number of anilines is 1. The van der Waals surface area contributed by atoms with Gasteiger partial charge in [-0.3, -0.25) is 0 Å². The highest BCUT2D eigenvalue weighted by Gasteiger charge is 2.12. The van der Waals surface area contributed by atoms with E-state index < -0.39 is 0 Å². The van der Waals surface area contributed by atoms with E-state index in [-0.39, 0.29) is 5.92 Å². The molecule has 2 heterocycles. The van der Waals surface area contributed by atoms with E-state index >= 15 is 0 Å². The number of aromatic nitrogens is 4. The van der Waals surface area contributed by atoms with Crippen molar-refractivity contribution in [2.75, 3.05) is 11.9 Å². The van der Waals surface area contributed by atoms with Crippen molar-refractivity contribution in [2.45, 2.75) is 40.0 Å². The smallest absolute Gasteiger partial charge is 0.228 e. The second kappa shape index (κ2) is 6.31. The molecule has 21 heavy (non-hydrogen) atoms. The topological polar surface area (TPSA) is 101 Å². The van der Waals surface area contributed by atoms with E-state index in [1.165, 1.54) is 0 Å². The monoisotopic (exact) mass is 286 g/mol. The van der Waals surface area contributed by atoms with E-state index in [2.05, 4.69) is 31.7 Å². The van der Waals surface area contributed by atoms with Crippen LogP contribution in [0.4, 0.5) is 5.82 Å². The average molecular weight is 286 g/mol. The van der Waals surface area contributed by atoms with E-state index in [4.69, 9.17) is 4.52 Å². The van der Waals surface area contributed by atoms with Crippen molar-refractivity contribution < 1.29 is 4.52 Å². The number of nitriles is 1. The third-order valence-corrected chi connectivity index (χ3v) is 3.20. The standard InChI is InChI=1S/C14H18N6O/c1-8(2)13-17-12(21-20-13)5-6-16-14-11(7-15)9(3)10(4)18-19-14/h8H,5-6H2,1-4H3,(H,16,19).